The van der Waals surface area contributed by atoms with E-state index in [1.165, 1.54) is 6.07 Å². The Morgan fingerprint density at radius 3 is 2.94 bits per heavy atom. The summed E-state index contributed by atoms with van der Waals surface area (Å²) in [4.78, 5) is 2.03. The SMILES string of the molecule is CN(CC1CCCO1)c1ccc(CN)c(F)c1. The fourth-order valence-electron chi connectivity index (χ4n) is 2.14. The largest absolute Gasteiger partial charge is 0.376 e. The molecule has 17 heavy (non-hydrogen) atoms. The van der Waals surface area contributed by atoms with Crippen LogP contribution in [0.3, 0.4) is 0 Å². The number of anilines is 1. The third kappa shape index (κ3) is 2.96. The maximum atomic E-state index is 13.6. The molecular weight excluding hydrogens is 219 g/mol. The average molecular weight is 238 g/mol. The number of ether oxygens (including phenoxy) is 1. The molecule has 2 N–H and O–H groups in total. The van der Waals surface area contributed by atoms with Gasteiger partial charge in [0.15, 0.2) is 0 Å². The van der Waals surface area contributed by atoms with E-state index in [1.807, 2.05) is 18.0 Å². The van der Waals surface area contributed by atoms with Crippen LogP contribution in [0.4, 0.5) is 10.1 Å². The Morgan fingerprint density at radius 1 is 1.53 bits per heavy atom. The van der Waals surface area contributed by atoms with Crippen molar-refractivity contribution in [2.24, 2.45) is 5.73 Å². The lowest BCUT2D eigenvalue weighted by Gasteiger charge is -2.23. The van der Waals surface area contributed by atoms with E-state index in [2.05, 4.69) is 0 Å². The molecule has 1 heterocycles. The van der Waals surface area contributed by atoms with Crippen LogP contribution in [0.15, 0.2) is 18.2 Å². The summed E-state index contributed by atoms with van der Waals surface area (Å²) in [6.45, 7) is 1.89. The van der Waals surface area contributed by atoms with Crippen molar-refractivity contribution in [1.29, 1.82) is 0 Å². The van der Waals surface area contributed by atoms with Crippen LogP contribution in [0, 0.1) is 5.82 Å². The highest BCUT2D eigenvalue weighted by Crippen LogP contribution is 2.20. The molecule has 1 aliphatic heterocycles. The van der Waals surface area contributed by atoms with Gasteiger partial charge in [0.2, 0.25) is 0 Å². The van der Waals surface area contributed by atoms with E-state index in [0.717, 1.165) is 31.7 Å². The third-order valence-electron chi connectivity index (χ3n) is 3.20. The summed E-state index contributed by atoms with van der Waals surface area (Å²) in [5, 5.41) is 0. The van der Waals surface area contributed by atoms with Gasteiger partial charge >= 0.3 is 0 Å². The standard InChI is InChI=1S/C13H19FN2O/c1-16(9-12-3-2-6-17-12)11-5-4-10(8-15)13(14)7-11/h4-5,7,12H,2-3,6,8-9,15H2,1H3. The highest BCUT2D eigenvalue weighted by molar-refractivity contribution is 5.47. The number of nitrogens with two attached hydrogens (primary N) is 1. The van der Waals surface area contributed by atoms with Gasteiger partial charge in [0.1, 0.15) is 5.82 Å². The van der Waals surface area contributed by atoms with Crippen molar-refractivity contribution in [3.8, 4) is 0 Å². The summed E-state index contributed by atoms with van der Waals surface area (Å²) >= 11 is 0. The highest BCUT2D eigenvalue weighted by atomic mass is 19.1. The molecule has 0 radical (unpaired) electrons. The zero-order valence-corrected chi connectivity index (χ0v) is 10.2. The van der Waals surface area contributed by atoms with Crippen molar-refractivity contribution < 1.29 is 9.13 Å². The molecule has 1 unspecified atom stereocenters. The summed E-state index contributed by atoms with van der Waals surface area (Å²) in [5.41, 5.74) is 6.86. The molecule has 0 bridgehead atoms. The van der Waals surface area contributed by atoms with Crippen molar-refractivity contribution in [3.63, 3.8) is 0 Å². The topological polar surface area (TPSA) is 38.5 Å². The molecule has 0 aliphatic carbocycles. The number of halogens is 1. The molecule has 1 aromatic rings. The first kappa shape index (κ1) is 12.3. The van der Waals surface area contributed by atoms with E-state index in [0.29, 0.717) is 5.56 Å². The molecule has 1 atom stereocenters. The van der Waals surface area contributed by atoms with Gasteiger partial charge in [-0.25, -0.2) is 4.39 Å². The predicted octanol–water partition coefficient (Wildman–Crippen LogP) is 1.90. The first-order valence-corrected chi connectivity index (χ1v) is 6.02. The Morgan fingerprint density at radius 2 is 2.35 bits per heavy atom. The molecule has 1 saturated heterocycles. The van der Waals surface area contributed by atoms with E-state index in [1.54, 1.807) is 6.07 Å². The molecule has 1 aromatic carbocycles. The average Bonchev–Trinajstić information content (AvgIpc) is 2.81. The lowest BCUT2D eigenvalue weighted by molar-refractivity contribution is 0.116. The molecule has 1 aliphatic rings. The first-order valence-electron chi connectivity index (χ1n) is 6.02. The summed E-state index contributed by atoms with van der Waals surface area (Å²) in [7, 11) is 1.96. The molecular formula is C13H19FN2O. The number of hydrogen-bond acceptors (Lipinski definition) is 3. The smallest absolute Gasteiger partial charge is 0.129 e. The summed E-state index contributed by atoms with van der Waals surface area (Å²) < 4.78 is 19.2. The zero-order valence-electron chi connectivity index (χ0n) is 10.2. The Bertz CT molecular complexity index is 378. The van der Waals surface area contributed by atoms with Gasteiger partial charge in [-0.2, -0.15) is 0 Å². The second-order valence-electron chi connectivity index (χ2n) is 4.50. The summed E-state index contributed by atoms with van der Waals surface area (Å²) in [6, 6.07) is 5.19. The molecule has 0 spiro atoms. The van der Waals surface area contributed by atoms with E-state index < -0.39 is 0 Å². The summed E-state index contributed by atoms with van der Waals surface area (Å²) in [6.07, 6.45) is 2.49. The molecule has 2 rings (SSSR count). The second kappa shape index (κ2) is 5.47. The van der Waals surface area contributed by atoms with Gasteiger partial charge in [-0.15, -0.1) is 0 Å². The minimum absolute atomic E-state index is 0.232. The van der Waals surface area contributed by atoms with E-state index >= 15 is 0 Å². The monoisotopic (exact) mass is 238 g/mol. The molecule has 94 valence electrons. The van der Waals surface area contributed by atoms with Crippen LogP contribution in [0.2, 0.25) is 0 Å². The van der Waals surface area contributed by atoms with Crippen LogP contribution in [-0.4, -0.2) is 26.3 Å². The van der Waals surface area contributed by atoms with E-state index in [9.17, 15) is 4.39 Å². The molecule has 0 saturated carbocycles. The molecule has 0 amide bonds. The lowest BCUT2D eigenvalue weighted by atomic mass is 10.1. The van der Waals surface area contributed by atoms with Crippen LogP contribution in [0.5, 0.6) is 0 Å². The number of hydrogen-bond donors (Lipinski definition) is 1. The number of nitrogens with zero attached hydrogens (tertiary/aromatic N) is 1. The van der Waals surface area contributed by atoms with Crippen molar-refractivity contribution in [3.05, 3.63) is 29.6 Å². The van der Waals surface area contributed by atoms with Gasteiger partial charge in [0.05, 0.1) is 6.10 Å². The molecule has 3 nitrogen and oxygen atoms in total. The quantitative estimate of drug-likeness (QED) is 0.870. The van der Waals surface area contributed by atoms with Crippen LogP contribution >= 0.6 is 0 Å². The maximum absolute atomic E-state index is 13.6. The normalized spacial score (nSPS) is 19.6. The van der Waals surface area contributed by atoms with Crippen LogP contribution < -0.4 is 10.6 Å². The van der Waals surface area contributed by atoms with Crippen molar-refractivity contribution in [2.45, 2.75) is 25.5 Å². The Kier molecular flexibility index (Phi) is 3.97. The second-order valence-corrected chi connectivity index (χ2v) is 4.50. The van der Waals surface area contributed by atoms with Crippen molar-refractivity contribution in [2.75, 3.05) is 25.1 Å². The molecule has 1 fully saturated rings. The van der Waals surface area contributed by atoms with Gasteiger partial charge in [0.25, 0.3) is 0 Å². The Balaban J connectivity index is 2.02. The van der Waals surface area contributed by atoms with E-state index in [4.69, 9.17) is 10.5 Å². The zero-order chi connectivity index (χ0) is 12.3. The minimum atomic E-state index is -0.232. The number of benzene rings is 1. The van der Waals surface area contributed by atoms with Crippen molar-refractivity contribution in [1.82, 2.24) is 0 Å². The number of likely N-dealkylation sites (N-methyl/N-ethyl adjacent to an activating group) is 1. The Labute approximate surface area is 101 Å². The fraction of sp³-hybridized carbons (Fsp3) is 0.538. The van der Waals surface area contributed by atoms with Gasteiger partial charge in [0, 0.05) is 38.0 Å². The van der Waals surface area contributed by atoms with E-state index in [-0.39, 0.29) is 18.5 Å². The summed E-state index contributed by atoms with van der Waals surface area (Å²) in [5.74, 6) is -0.232. The van der Waals surface area contributed by atoms with Gasteiger partial charge in [-0.05, 0) is 25.0 Å². The third-order valence-corrected chi connectivity index (χ3v) is 3.20. The highest BCUT2D eigenvalue weighted by Gasteiger charge is 2.17. The lowest BCUT2D eigenvalue weighted by Crippen LogP contribution is -2.28. The van der Waals surface area contributed by atoms with Gasteiger partial charge in [-0.1, -0.05) is 6.07 Å². The fourth-order valence-corrected chi connectivity index (χ4v) is 2.14. The van der Waals surface area contributed by atoms with Crippen LogP contribution in [-0.2, 0) is 11.3 Å². The first-order chi connectivity index (χ1) is 8.20. The molecule has 4 heteroatoms. The molecule has 0 aromatic heterocycles. The van der Waals surface area contributed by atoms with Crippen molar-refractivity contribution >= 4 is 5.69 Å². The van der Waals surface area contributed by atoms with Gasteiger partial charge < -0.3 is 15.4 Å². The predicted molar refractivity (Wildman–Crippen MR) is 66.5 cm³/mol. The number of rotatable bonds is 4. The maximum Gasteiger partial charge on any atom is 0.129 e. The minimum Gasteiger partial charge on any atom is -0.376 e. The van der Waals surface area contributed by atoms with Crippen LogP contribution in [0.25, 0.3) is 0 Å². The van der Waals surface area contributed by atoms with Crippen LogP contribution in [0.1, 0.15) is 18.4 Å². The van der Waals surface area contributed by atoms with Gasteiger partial charge in [-0.3, -0.25) is 0 Å². The Hall–Kier alpha value is -1.13.